The van der Waals surface area contributed by atoms with Crippen LogP contribution in [0.5, 0.6) is 0 Å². The molecule has 4 nitrogen and oxygen atoms in total. The Labute approximate surface area is 140 Å². The summed E-state index contributed by atoms with van der Waals surface area (Å²) >= 11 is 0. The molecule has 3 aromatic carbocycles. The first-order valence-electron chi connectivity index (χ1n) is 7.50. The third-order valence-electron chi connectivity index (χ3n) is 3.53. The van der Waals surface area contributed by atoms with Crippen LogP contribution in [0, 0.1) is 0 Å². The first-order chi connectivity index (χ1) is 11.8. The molecule has 0 bridgehead atoms. The van der Waals surface area contributed by atoms with Gasteiger partial charge in [-0.25, -0.2) is 4.79 Å². The molecule has 0 radical (unpaired) electrons. The Morgan fingerprint density at radius 3 is 2.08 bits per heavy atom. The first-order valence-corrected chi connectivity index (χ1v) is 7.50. The Kier molecular flexibility index (Phi) is 4.68. The highest BCUT2D eigenvalue weighted by atomic mass is 16.7. The predicted octanol–water partition coefficient (Wildman–Crippen LogP) is 3.83. The van der Waals surface area contributed by atoms with Crippen molar-refractivity contribution in [1.82, 2.24) is 0 Å². The number of nitrogens with two attached hydrogens (primary N) is 1. The summed E-state index contributed by atoms with van der Waals surface area (Å²) in [5, 5.41) is 3.75. The van der Waals surface area contributed by atoms with Crippen LogP contribution in [0.4, 0.5) is 0 Å². The summed E-state index contributed by atoms with van der Waals surface area (Å²) in [6, 6.07) is 26.0. The van der Waals surface area contributed by atoms with Crippen LogP contribution in [-0.2, 0) is 4.84 Å². The molecule has 118 valence electrons. The van der Waals surface area contributed by atoms with Gasteiger partial charge < -0.3 is 10.6 Å². The molecule has 0 fully saturated rings. The molecule has 2 N–H and O–H groups in total. The van der Waals surface area contributed by atoms with Gasteiger partial charge in [-0.3, -0.25) is 0 Å². The third-order valence-corrected chi connectivity index (χ3v) is 3.53. The highest BCUT2D eigenvalue weighted by Gasteiger charge is 2.14. The van der Waals surface area contributed by atoms with E-state index < -0.39 is 5.97 Å². The van der Waals surface area contributed by atoms with E-state index in [9.17, 15) is 4.79 Å². The zero-order valence-corrected chi connectivity index (χ0v) is 12.9. The molecule has 0 saturated carbocycles. The maximum atomic E-state index is 12.4. The number of benzene rings is 3. The van der Waals surface area contributed by atoms with Crippen LogP contribution < -0.4 is 5.73 Å². The molecule has 0 aliphatic heterocycles. The van der Waals surface area contributed by atoms with Crippen molar-refractivity contribution >= 4 is 11.8 Å². The average molecular weight is 316 g/mol. The van der Waals surface area contributed by atoms with Gasteiger partial charge in [-0.15, -0.1) is 0 Å². The van der Waals surface area contributed by atoms with Gasteiger partial charge in [0.1, 0.15) is 0 Å². The number of rotatable bonds is 4. The molecule has 0 aromatic heterocycles. The summed E-state index contributed by atoms with van der Waals surface area (Å²) in [6.45, 7) is 0. The lowest BCUT2D eigenvalue weighted by atomic mass is 10.00. The van der Waals surface area contributed by atoms with Crippen LogP contribution >= 0.6 is 0 Å². The minimum atomic E-state index is -0.548. The van der Waals surface area contributed by atoms with E-state index in [1.54, 1.807) is 24.3 Å². The van der Waals surface area contributed by atoms with Gasteiger partial charge in [-0.1, -0.05) is 84.0 Å². The Morgan fingerprint density at radius 2 is 1.38 bits per heavy atom. The second-order valence-corrected chi connectivity index (χ2v) is 5.13. The minimum absolute atomic E-state index is 0.154. The molecular weight excluding hydrogens is 300 g/mol. The molecule has 0 heterocycles. The van der Waals surface area contributed by atoms with Crippen molar-refractivity contribution in [2.45, 2.75) is 0 Å². The summed E-state index contributed by atoms with van der Waals surface area (Å²) in [7, 11) is 0. The molecular formula is C20H16N2O2. The van der Waals surface area contributed by atoms with Crippen molar-refractivity contribution in [3.05, 3.63) is 96.1 Å². The maximum absolute atomic E-state index is 12.4. The summed E-state index contributed by atoms with van der Waals surface area (Å²) in [4.78, 5) is 17.4. The van der Waals surface area contributed by atoms with Gasteiger partial charge in [0, 0.05) is 5.56 Å². The normalized spacial score (nSPS) is 11.1. The number of nitrogens with zero attached hydrogens (tertiary/aromatic N) is 1. The molecule has 0 aliphatic rings. The molecule has 3 aromatic rings. The van der Waals surface area contributed by atoms with E-state index >= 15 is 0 Å². The summed E-state index contributed by atoms with van der Waals surface area (Å²) in [5.41, 5.74) is 8.70. The van der Waals surface area contributed by atoms with Crippen LogP contribution in [0.15, 0.2) is 90.1 Å². The van der Waals surface area contributed by atoms with Crippen molar-refractivity contribution < 1.29 is 9.63 Å². The van der Waals surface area contributed by atoms with E-state index in [0.717, 1.165) is 11.1 Å². The van der Waals surface area contributed by atoms with E-state index in [-0.39, 0.29) is 5.84 Å². The van der Waals surface area contributed by atoms with Crippen molar-refractivity contribution in [3.8, 4) is 11.1 Å². The number of oxime groups is 1. The fourth-order valence-corrected chi connectivity index (χ4v) is 2.33. The SMILES string of the molecule is NC(=NOC(=O)c1ccccc1-c1ccccc1)c1ccccc1. The first kappa shape index (κ1) is 15.5. The summed E-state index contributed by atoms with van der Waals surface area (Å²) in [5.74, 6) is -0.394. The minimum Gasteiger partial charge on any atom is -0.380 e. The predicted molar refractivity (Wildman–Crippen MR) is 94.5 cm³/mol. The third kappa shape index (κ3) is 3.50. The van der Waals surface area contributed by atoms with Crippen LogP contribution in [0.3, 0.4) is 0 Å². The number of carbonyl (C=O) groups is 1. The van der Waals surface area contributed by atoms with Gasteiger partial charge in [-0.05, 0) is 17.2 Å². The van der Waals surface area contributed by atoms with Gasteiger partial charge in [0.25, 0.3) is 0 Å². The topological polar surface area (TPSA) is 64.7 Å². The second kappa shape index (κ2) is 7.24. The van der Waals surface area contributed by atoms with Crippen molar-refractivity contribution in [3.63, 3.8) is 0 Å². The highest BCUT2D eigenvalue weighted by molar-refractivity contribution is 6.00. The van der Waals surface area contributed by atoms with Crippen LogP contribution in [0.25, 0.3) is 11.1 Å². The average Bonchev–Trinajstić information content (AvgIpc) is 2.67. The molecule has 4 heteroatoms. The maximum Gasteiger partial charge on any atom is 0.366 e. The Hall–Kier alpha value is -3.40. The smallest absolute Gasteiger partial charge is 0.366 e. The lowest BCUT2D eigenvalue weighted by Gasteiger charge is -2.07. The Morgan fingerprint density at radius 1 is 0.792 bits per heavy atom. The largest absolute Gasteiger partial charge is 0.380 e. The van der Waals surface area contributed by atoms with Gasteiger partial charge in [0.05, 0.1) is 5.56 Å². The molecule has 0 unspecified atom stereocenters. The molecule has 0 aliphatic carbocycles. The Bertz CT molecular complexity index is 859. The summed E-state index contributed by atoms with van der Waals surface area (Å²) in [6.07, 6.45) is 0. The second-order valence-electron chi connectivity index (χ2n) is 5.13. The van der Waals surface area contributed by atoms with E-state index in [1.807, 2.05) is 60.7 Å². The zero-order chi connectivity index (χ0) is 16.8. The Balaban J connectivity index is 1.84. The standard InChI is InChI=1S/C20H16N2O2/c21-19(16-11-5-2-6-12-16)22-24-20(23)18-14-8-7-13-17(18)15-9-3-1-4-10-15/h1-14H,(H2,21,22). The fraction of sp³-hybridized carbons (Fsp3) is 0. The van der Waals surface area contributed by atoms with Gasteiger partial charge in [-0.2, -0.15) is 0 Å². The quantitative estimate of drug-likeness (QED) is 0.344. The fourth-order valence-electron chi connectivity index (χ4n) is 2.33. The van der Waals surface area contributed by atoms with Crippen molar-refractivity contribution in [1.29, 1.82) is 0 Å². The van der Waals surface area contributed by atoms with E-state index in [0.29, 0.717) is 11.1 Å². The molecule has 0 spiro atoms. The number of carbonyl (C=O) groups excluding carboxylic acids is 1. The van der Waals surface area contributed by atoms with Crippen LogP contribution in [-0.4, -0.2) is 11.8 Å². The monoisotopic (exact) mass is 316 g/mol. The van der Waals surface area contributed by atoms with Crippen molar-refractivity contribution in [2.24, 2.45) is 10.9 Å². The number of hydrogen-bond donors (Lipinski definition) is 1. The van der Waals surface area contributed by atoms with Gasteiger partial charge in [0.15, 0.2) is 5.84 Å². The zero-order valence-electron chi connectivity index (χ0n) is 12.9. The summed E-state index contributed by atoms with van der Waals surface area (Å²) < 4.78 is 0. The highest BCUT2D eigenvalue weighted by Crippen LogP contribution is 2.24. The molecule has 3 rings (SSSR count). The van der Waals surface area contributed by atoms with Gasteiger partial charge >= 0.3 is 5.97 Å². The number of hydrogen-bond acceptors (Lipinski definition) is 3. The number of amidine groups is 1. The van der Waals surface area contributed by atoms with E-state index in [4.69, 9.17) is 10.6 Å². The van der Waals surface area contributed by atoms with Crippen LogP contribution in [0.1, 0.15) is 15.9 Å². The van der Waals surface area contributed by atoms with Crippen molar-refractivity contribution in [2.75, 3.05) is 0 Å². The molecule has 0 saturated heterocycles. The van der Waals surface area contributed by atoms with E-state index in [1.165, 1.54) is 0 Å². The molecule has 24 heavy (non-hydrogen) atoms. The van der Waals surface area contributed by atoms with Crippen LogP contribution in [0.2, 0.25) is 0 Å². The van der Waals surface area contributed by atoms with Gasteiger partial charge in [0.2, 0.25) is 0 Å². The lowest BCUT2D eigenvalue weighted by molar-refractivity contribution is 0.0517. The molecule has 0 amide bonds. The lowest BCUT2D eigenvalue weighted by Crippen LogP contribution is -2.15. The molecule has 0 atom stereocenters. The van der Waals surface area contributed by atoms with E-state index in [2.05, 4.69) is 5.16 Å².